The van der Waals surface area contributed by atoms with E-state index in [1.54, 1.807) is 0 Å². The second-order valence-corrected chi connectivity index (χ2v) is 6.67. The molecular weight excluding hydrogens is 515 g/mol. The van der Waals surface area contributed by atoms with Crippen LogP contribution in [0.5, 0.6) is 11.5 Å². The van der Waals surface area contributed by atoms with Crippen molar-refractivity contribution in [3.63, 3.8) is 0 Å². The normalized spacial score (nSPS) is 12.0. The van der Waals surface area contributed by atoms with Gasteiger partial charge in [0, 0.05) is 28.5 Å². The lowest BCUT2D eigenvalue weighted by atomic mass is 10.0. The minimum absolute atomic E-state index is 0.0872. The highest BCUT2D eigenvalue weighted by Crippen LogP contribution is 2.39. The van der Waals surface area contributed by atoms with Crippen molar-refractivity contribution in [1.82, 2.24) is 4.98 Å². The van der Waals surface area contributed by atoms with Crippen molar-refractivity contribution in [2.75, 3.05) is 0 Å². The maximum atomic E-state index is 12.7. The van der Waals surface area contributed by atoms with E-state index < -0.39 is 24.2 Å². The van der Waals surface area contributed by atoms with Crippen molar-refractivity contribution in [3.05, 3.63) is 64.5 Å². The van der Waals surface area contributed by atoms with E-state index in [4.69, 9.17) is 0 Å². The fourth-order valence-corrected chi connectivity index (χ4v) is 3.19. The molecule has 0 aliphatic carbocycles. The minimum atomic E-state index is -4.90. The Balaban J connectivity index is 2.11. The molecule has 152 valence electrons. The fourth-order valence-electron chi connectivity index (χ4n) is 2.61. The number of ether oxygens (including phenoxy) is 2. The van der Waals surface area contributed by atoms with Gasteiger partial charge in [0.25, 0.3) is 0 Å². The van der Waals surface area contributed by atoms with Crippen molar-refractivity contribution >= 4 is 22.6 Å². The number of rotatable bonds is 4. The first-order chi connectivity index (χ1) is 13.5. The van der Waals surface area contributed by atoms with Gasteiger partial charge in [-0.2, -0.15) is 0 Å². The standard InChI is InChI=1S/C19H10F6INO2/c20-18(21,22)28-15-7-3-1-5-12(15)11-9-14(17(26)27-10-11)13-6-2-4-8-16(13)29-19(23,24)25/h1-10H. The molecule has 0 aliphatic heterocycles. The second kappa shape index (κ2) is 8.09. The first kappa shape index (κ1) is 21.2. The Kier molecular flexibility index (Phi) is 5.92. The third kappa shape index (κ3) is 5.52. The third-order valence-corrected chi connectivity index (χ3v) is 4.53. The maximum Gasteiger partial charge on any atom is 0.573 e. The van der Waals surface area contributed by atoms with Crippen LogP contribution in [0.2, 0.25) is 0 Å². The van der Waals surface area contributed by atoms with Crippen LogP contribution in [0, 0.1) is 3.70 Å². The summed E-state index contributed by atoms with van der Waals surface area (Å²) in [6, 6.07) is 12.3. The predicted molar refractivity (Wildman–Crippen MR) is 101 cm³/mol. The van der Waals surface area contributed by atoms with E-state index in [2.05, 4.69) is 14.5 Å². The van der Waals surface area contributed by atoms with Gasteiger partial charge in [-0.15, -0.1) is 26.3 Å². The Hall–Kier alpha value is -2.50. The summed E-state index contributed by atoms with van der Waals surface area (Å²) in [5.74, 6) is -0.898. The van der Waals surface area contributed by atoms with Gasteiger partial charge in [0.05, 0.1) is 0 Å². The number of pyridine rings is 1. The SMILES string of the molecule is FC(F)(F)Oc1ccccc1-c1cnc(I)c(-c2ccccc2OC(F)(F)F)c1. The van der Waals surface area contributed by atoms with Gasteiger partial charge in [-0.3, -0.25) is 0 Å². The van der Waals surface area contributed by atoms with Crippen LogP contribution >= 0.6 is 22.6 Å². The van der Waals surface area contributed by atoms with E-state index in [-0.39, 0.29) is 22.3 Å². The Morgan fingerprint density at radius 3 is 1.72 bits per heavy atom. The molecule has 1 heterocycles. The van der Waals surface area contributed by atoms with Crippen molar-refractivity contribution in [1.29, 1.82) is 0 Å². The van der Waals surface area contributed by atoms with Crippen LogP contribution in [0.15, 0.2) is 60.8 Å². The summed E-state index contributed by atoms with van der Waals surface area (Å²) in [7, 11) is 0. The van der Waals surface area contributed by atoms with Gasteiger partial charge < -0.3 is 9.47 Å². The molecule has 29 heavy (non-hydrogen) atoms. The summed E-state index contributed by atoms with van der Waals surface area (Å²) in [6.07, 6.45) is -8.49. The molecule has 0 saturated carbocycles. The monoisotopic (exact) mass is 525 g/mol. The average molecular weight is 525 g/mol. The second-order valence-electron chi connectivity index (χ2n) is 5.65. The van der Waals surface area contributed by atoms with E-state index in [9.17, 15) is 26.3 Å². The molecule has 0 fully saturated rings. The molecule has 2 aromatic carbocycles. The summed E-state index contributed by atoms with van der Waals surface area (Å²) in [5.41, 5.74) is 0.689. The number of aromatic nitrogens is 1. The summed E-state index contributed by atoms with van der Waals surface area (Å²) >= 11 is 1.83. The highest BCUT2D eigenvalue weighted by atomic mass is 127. The minimum Gasteiger partial charge on any atom is -0.405 e. The third-order valence-electron chi connectivity index (χ3n) is 3.67. The fraction of sp³-hybridized carbons (Fsp3) is 0.105. The highest BCUT2D eigenvalue weighted by Gasteiger charge is 2.33. The van der Waals surface area contributed by atoms with E-state index in [1.165, 1.54) is 48.7 Å². The smallest absolute Gasteiger partial charge is 0.405 e. The van der Waals surface area contributed by atoms with Crippen molar-refractivity contribution < 1.29 is 35.8 Å². The molecule has 0 radical (unpaired) electrons. The van der Waals surface area contributed by atoms with Crippen LogP contribution in [0.3, 0.4) is 0 Å². The Morgan fingerprint density at radius 2 is 1.17 bits per heavy atom. The predicted octanol–water partition coefficient (Wildman–Crippen LogP) is 6.82. The van der Waals surface area contributed by atoms with Crippen LogP contribution in [0.25, 0.3) is 22.3 Å². The van der Waals surface area contributed by atoms with Crippen LogP contribution in [-0.4, -0.2) is 17.7 Å². The molecule has 0 amide bonds. The van der Waals surface area contributed by atoms with Crippen molar-refractivity contribution in [3.8, 4) is 33.8 Å². The van der Waals surface area contributed by atoms with Crippen LogP contribution in [-0.2, 0) is 0 Å². The molecule has 0 saturated heterocycles. The molecule has 0 atom stereocenters. The van der Waals surface area contributed by atoms with Gasteiger partial charge >= 0.3 is 12.7 Å². The molecular formula is C19H10F6INO2. The lowest BCUT2D eigenvalue weighted by Crippen LogP contribution is -2.17. The first-order valence-electron chi connectivity index (χ1n) is 7.89. The van der Waals surface area contributed by atoms with Gasteiger partial charge in [0.1, 0.15) is 15.2 Å². The first-order valence-corrected chi connectivity index (χ1v) is 8.97. The van der Waals surface area contributed by atoms with Crippen molar-refractivity contribution in [2.24, 2.45) is 0 Å². The van der Waals surface area contributed by atoms with Crippen molar-refractivity contribution in [2.45, 2.75) is 12.7 Å². The molecule has 3 rings (SSSR count). The molecule has 3 nitrogen and oxygen atoms in total. The van der Waals surface area contributed by atoms with E-state index in [0.717, 1.165) is 12.1 Å². The molecule has 1 aromatic heterocycles. The number of hydrogen-bond donors (Lipinski definition) is 0. The topological polar surface area (TPSA) is 31.4 Å². The zero-order valence-corrected chi connectivity index (χ0v) is 16.3. The zero-order valence-electron chi connectivity index (χ0n) is 14.2. The summed E-state index contributed by atoms with van der Waals surface area (Å²) in [6.45, 7) is 0. The quantitative estimate of drug-likeness (QED) is 0.213. The van der Waals surface area contributed by atoms with Crippen LogP contribution < -0.4 is 9.47 Å². The van der Waals surface area contributed by atoms with Gasteiger partial charge in [-0.05, 0) is 40.8 Å². The van der Waals surface area contributed by atoms with Crippen LogP contribution in [0.1, 0.15) is 0 Å². The number of hydrogen-bond acceptors (Lipinski definition) is 3. The summed E-state index contributed by atoms with van der Waals surface area (Å²) in [4.78, 5) is 4.12. The average Bonchev–Trinajstić information content (AvgIpc) is 2.61. The Morgan fingerprint density at radius 1 is 0.690 bits per heavy atom. The van der Waals surface area contributed by atoms with Gasteiger partial charge in [-0.25, -0.2) is 4.98 Å². The zero-order chi connectivity index (χ0) is 21.2. The lowest BCUT2D eigenvalue weighted by Gasteiger charge is -2.16. The molecule has 0 bridgehead atoms. The number of nitrogens with zero attached hydrogens (tertiary/aromatic N) is 1. The Bertz CT molecular complexity index is 1020. The Labute approximate surface area is 174 Å². The van der Waals surface area contributed by atoms with Gasteiger partial charge in [-0.1, -0.05) is 36.4 Å². The number of alkyl halides is 6. The number of halogens is 7. The number of para-hydroxylation sites is 2. The van der Waals surface area contributed by atoms with Crippen LogP contribution in [0.4, 0.5) is 26.3 Å². The lowest BCUT2D eigenvalue weighted by molar-refractivity contribution is -0.275. The molecule has 10 heteroatoms. The molecule has 0 unspecified atom stereocenters. The van der Waals surface area contributed by atoms with E-state index in [0.29, 0.717) is 3.70 Å². The molecule has 0 spiro atoms. The van der Waals surface area contributed by atoms with E-state index >= 15 is 0 Å². The maximum absolute atomic E-state index is 12.7. The van der Waals surface area contributed by atoms with Gasteiger partial charge in [0.15, 0.2) is 0 Å². The van der Waals surface area contributed by atoms with Gasteiger partial charge in [0.2, 0.25) is 0 Å². The largest absolute Gasteiger partial charge is 0.573 e. The summed E-state index contributed by atoms with van der Waals surface area (Å²) < 4.78 is 84.7. The van der Waals surface area contributed by atoms with E-state index in [1.807, 2.05) is 22.6 Å². The molecule has 0 N–H and O–H groups in total. The highest BCUT2D eigenvalue weighted by molar-refractivity contribution is 14.1. The molecule has 0 aliphatic rings. The summed E-state index contributed by atoms with van der Waals surface area (Å²) in [5, 5.41) is 0. The molecule has 3 aromatic rings. The number of benzene rings is 2.